The van der Waals surface area contributed by atoms with Crippen molar-refractivity contribution in [3.05, 3.63) is 42.2 Å². The number of carbonyl (C=O) groups excluding carboxylic acids is 7. The van der Waals surface area contributed by atoms with Crippen LogP contribution in [0.3, 0.4) is 0 Å². The molecule has 0 amide bonds. The van der Waals surface area contributed by atoms with E-state index in [9.17, 15) is 33.6 Å². The molecule has 1 aromatic carbocycles. The number of benzene rings is 1. The number of hydrogen-bond acceptors (Lipinski definition) is 18. The van der Waals surface area contributed by atoms with E-state index in [0.717, 1.165) is 48.5 Å². The Kier molecular flexibility index (Phi) is 14.5. The third-order valence-electron chi connectivity index (χ3n) is 6.74. The number of aromatic nitrogens is 3. The van der Waals surface area contributed by atoms with Crippen molar-refractivity contribution >= 4 is 41.8 Å². The van der Waals surface area contributed by atoms with Gasteiger partial charge in [0, 0.05) is 48.5 Å². The van der Waals surface area contributed by atoms with Crippen molar-refractivity contribution in [1.29, 1.82) is 0 Å². The van der Waals surface area contributed by atoms with Gasteiger partial charge >= 0.3 is 41.8 Å². The number of carbonyl (C=O) groups is 7. The molecule has 2 heterocycles. The average Bonchev–Trinajstić information content (AvgIpc) is 3.52. The van der Waals surface area contributed by atoms with Gasteiger partial charge in [-0.15, -0.1) is 5.10 Å². The highest BCUT2D eigenvalue weighted by Crippen LogP contribution is 2.32. The number of ether oxygens (including phenoxy) is 9. The minimum Gasteiger partial charge on any atom is -0.463 e. The smallest absolute Gasteiger partial charge is 0.303 e. The maximum Gasteiger partial charge on any atom is 0.303 e. The molecule has 0 bridgehead atoms. The largest absolute Gasteiger partial charge is 0.463 e. The molecule has 0 saturated carbocycles. The van der Waals surface area contributed by atoms with Crippen molar-refractivity contribution in [2.75, 3.05) is 13.2 Å². The molecule has 0 aliphatic carbocycles. The van der Waals surface area contributed by atoms with Crippen LogP contribution < -0.4 is 0 Å². The van der Waals surface area contributed by atoms with Crippen LogP contribution in [0.15, 0.2) is 36.5 Å². The standard InChI is InChI=1S/C32H39N3O16/c1-16(36)43-14-26-29(48-20(5)40)30(49-21(6)41)31(50-22(7)42)32(51-26)44-15-25(45-17(2)37)28(47-19(4)39)27(46-18(3)38)24-13-33-35(34-24)23-11-9-8-10-12-23/h8-13,25-32H,14-15H2,1-7H3/t25-,26-,27+,28-,29+,30-,31-,32+/m0/s1. The van der Waals surface area contributed by atoms with Crippen molar-refractivity contribution in [3.8, 4) is 5.69 Å². The van der Waals surface area contributed by atoms with Gasteiger partial charge in [-0.1, -0.05) is 18.2 Å². The molecule has 19 nitrogen and oxygen atoms in total. The van der Waals surface area contributed by atoms with E-state index in [-0.39, 0.29) is 5.69 Å². The number of hydrogen-bond donors (Lipinski definition) is 0. The molecular weight excluding hydrogens is 682 g/mol. The van der Waals surface area contributed by atoms with Gasteiger partial charge in [-0.2, -0.15) is 9.90 Å². The van der Waals surface area contributed by atoms with Crippen molar-refractivity contribution in [3.63, 3.8) is 0 Å². The topological polar surface area (TPSA) is 233 Å². The molecule has 1 aromatic heterocycles. The van der Waals surface area contributed by atoms with Crippen LogP contribution in [0.1, 0.15) is 60.3 Å². The van der Waals surface area contributed by atoms with Gasteiger partial charge in [0.05, 0.1) is 18.5 Å². The molecule has 0 N–H and O–H groups in total. The second-order valence-electron chi connectivity index (χ2n) is 11.0. The van der Waals surface area contributed by atoms with Crippen LogP contribution in [0.25, 0.3) is 5.69 Å². The Morgan fingerprint density at radius 1 is 0.706 bits per heavy atom. The maximum atomic E-state index is 12.4. The van der Waals surface area contributed by atoms with Crippen LogP contribution in [0, 0.1) is 0 Å². The lowest BCUT2D eigenvalue weighted by Crippen LogP contribution is -2.63. The van der Waals surface area contributed by atoms with E-state index >= 15 is 0 Å². The zero-order chi connectivity index (χ0) is 37.8. The quantitative estimate of drug-likeness (QED) is 0.183. The van der Waals surface area contributed by atoms with Crippen molar-refractivity contribution in [1.82, 2.24) is 15.0 Å². The average molecular weight is 722 g/mol. The minimum absolute atomic E-state index is 0.00949. The third kappa shape index (κ3) is 12.1. The van der Waals surface area contributed by atoms with Crippen LogP contribution in [0.5, 0.6) is 0 Å². The molecule has 278 valence electrons. The fourth-order valence-electron chi connectivity index (χ4n) is 5.01. The van der Waals surface area contributed by atoms with E-state index in [0.29, 0.717) is 5.69 Å². The van der Waals surface area contributed by atoms with Crippen LogP contribution in [-0.2, 0) is 76.2 Å². The first-order valence-electron chi connectivity index (χ1n) is 15.5. The normalized spacial score (nSPS) is 21.5. The summed E-state index contributed by atoms with van der Waals surface area (Å²) in [4.78, 5) is 86.5. The molecule has 1 aliphatic heterocycles. The molecule has 1 fully saturated rings. The van der Waals surface area contributed by atoms with E-state index in [1.807, 2.05) is 0 Å². The summed E-state index contributed by atoms with van der Waals surface area (Å²) in [6.45, 7) is 6.22. The zero-order valence-electron chi connectivity index (χ0n) is 28.9. The maximum absolute atomic E-state index is 12.4. The van der Waals surface area contributed by atoms with E-state index in [4.69, 9.17) is 42.6 Å². The second kappa shape index (κ2) is 18.5. The van der Waals surface area contributed by atoms with Gasteiger partial charge in [0.15, 0.2) is 42.9 Å². The van der Waals surface area contributed by atoms with Gasteiger partial charge in [-0.3, -0.25) is 33.6 Å². The lowest BCUT2D eigenvalue weighted by atomic mass is 9.98. The lowest BCUT2D eigenvalue weighted by Gasteiger charge is -2.44. The highest BCUT2D eigenvalue weighted by molar-refractivity contribution is 5.69. The Morgan fingerprint density at radius 3 is 1.82 bits per heavy atom. The van der Waals surface area contributed by atoms with Gasteiger partial charge in [-0.05, 0) is 12.1 Å². The molecular formula is C32H39N3O16. The third-order valence-corrected chi connectivity index (χ3v) is 6.74. The summed E-state index contributed by atoms with van der Waals surface area (Å²) < 4.78 is 49.7. The monoisotopic (exact) mass is 721 g/mol. The van der Waals surface area contributed by atoms with Crippen LogP contribution in [0.2, 0.25) is 0 Å². The first-order chi connectivity index (χ1) is 24.0. The predicted octanol–water partition coefficient (Wildman–Crippen LogP) is 0.835. The minimum atomic E-state index is -1.69. The molecule has 19 heteroatoms. The fraction of sp³-hybridized carbons (Fsp3) is 0.531. The zero-order valence-corrected chi connectivity index (χ0v) is 28.9. The second-order valence-corrected chi connectivity index (χ2v) is 11.0. The Balaban J connectivity index is 2.06. The lowest BCUT2D eigenvalue weighted by molar-refractivity contribution is -0.313. The van der Waals surface area contributed by atoms with Crippen molar-refractivity contribution in [2.24, 2.45) is 0 Å². The molecule has 0 radical (unpaired) electrons. The van der Waals surface area contributed by atoms with Crippen LogP contribution in [-0.4, -0.2) is 113 Å². The number of nitrogens with zero attached hydrogens (tertiary/aromatic N) is 3. The SMILES string of the molecule is CC(=O)OC[C@@H]1O[C@@H](OC[C@H](OC(C)=O)[C@H](OC(C)=O)[C@H](OC(C)=O)c2cnn(-c3ccccc3)n2)[C@@H](OC(C)=O)[C@@H](OC(C)=O)[C@@H]1OC(C)=O. The van der Waals surface area contributed by atoms with Gasteiger partial charge < -0.3 is 42.6 Å². The summed E-state index contributed by atoms with van der Waals surface area (Å²) in [6.07, 6.45) is -11.2. The first kappa shape index (κ1) is 40.0. The summed E-state index contributed by atoms with van der Waals surface area (Å²) in [6, 6.07) is 8.67. The highest BCUT2D eigenvalue weighted by atomic mass is 16.7. The van der Waals surface area contributed by atoms with Gasteiger partial charge in [0.25, 0.3) is 0 Å². The fourth-order valence-corrected chi connectivity index (χ4v) is 5.01. The predicted molar refractivity (Wildman–Crippen MR) is 165 cm³/mol. The summed E-state index contributed by atoms with van der Waals surface area (Å²) in [5.74, 6) is -5.91. The Labute approximate surface area is 291 Å². The van der Waals surface area contributed by atoms with E-state index in [1.54, 1.807) is 30.3 Å². The van der Waals surface area contributed by atoms with E-state index < -0.39 is 104 Å². The Bertz CT molecular complexity index is 1560. The summed E-state index contributed by atoms with van der Waals surface area (Å²) >= 11 is 0. The van der Waals surface area contributed by atoms with Crippen molar-refractivity contribution in [2.45, 2.75) is 97.5 Å². The van der Waals surface area contributed by atoms with Crippen LogP contribution in [0.4, 0.5) is 0 Å². The molecule has 8 atom stereocenters. The Morgan fingerprint density at radius 2 is 1.27 bits per heavy atom. The van der Waals surface area contributed by atoms with E-state index in [1.165, 1.54) is 11.0 Å². The number of esters is 7. The first-order valence-corrected chi connectivity index (χ1v) is 15.5. The molecule has 0 unspecified atom stereocenters. The highest BCUT2D eigenvalue weighted by Gasteiger charge is 2.53. The molecule has 3 rings (SSSR count). The number of rotatable bonds is 15. The van der Waals surface area contributed by atoms with Crippen LogP contribution >= 0.6 is 0 Å². The van der Waals surface area contributed by atoms with Gasteiger partial charge in [0.1, 0.15) is 18.4 Å². The van der Waals surface area contributed by atoms with Crippen molar-refractivity contribution < 1.29 is 76.2 Å². The molecule has 1 saturated heterocycles. The summed E-state index contributed by atoms with van der Waals surface area (Å²) in [7, 11) is 0. The van der Waals surface area contributed by atoms with E-state index in [2.05, 4.69) is 10.2 Å². The summed E-state index contributed by atoms with van der Waals surface area (Å²) in [5.41, 5.74) is 0.530. The Hall–Kier alpha value is -5.43. The van der Waals surface area contributed by atoms with Gasteiger partial charge in [-0.25, -0.2) is 0 Å². The molecule has 2 aromatic rings. The number of para-hydroxylation sites is 1. The molecule has 1 aliphatic rings. The van der Waals surface area contributed by atoms with Gasteiger partial charge in [0.2, 0.25) is 0 Å². The molecule has 0 spiro atoms. The summed E-state index contributed by atoms with van der Waals surface area (Å²) in [5, 5.41) is 8.58. The molecule has 51 heavy (non-hydrogen) atoms.